The van der Waals surface area contributed by atoms with Crippen molar-refractivity contribution in [2.24, 2.45) is 5.41 Å². The fourth-order valence-corrected chi connectivity index (χ4v) is 4.69. The Balaban J connectivity index is 2.00. The maximum Gasteiger partial charge on any atom is 0.141 e. The van der Waals surface area contributed by atoms with Crippen molar-refractivity contribution in [1.29, 1.82) is 5.26 Å². The normalized spacial score (nSPS) is 18.1. The molecule has 1 atom stereocenters. The Morgan fingerprint density at radius 2 is 2.00 bits per heavy atom. The zero-order valence-electron chi connectivity index (χ0n) is 18.7. The van der Waals surface area contributed by atoms with Gasteiger partial charge in [0.05, 0.1) is 36.4 Å². The molecular weight excluding hydrogens is 426 g/mol. The lowest BCUT2D eigenvalue weighted by Crippen LogP contribution is -2.25. The van der Waals surface area contributed by atoms with Crippen LogP contribution in [0.15, 0.2) is 24.4 Å². The molecule has 1 saturated heterocycles. The summed E-state index contributed by atoms with van der Waals surface area (Å²) in [4.78, 5) is 11.5. The van der Waals surface area contributed by atoms with Crippen molar-refractivity contribution in [3.8, 4) is 28.8 Å². The first-order valence-electron chi connectivity index (χ1n) is 10.5. The molecule has 1 aliphatic rings. The van der Waals surface area contributed by atoms with E-state index in [1.54, 1.807) is 26.5 Å². The summed E-state index contributed by atoms with van der Waals surface area (Å²) in [5.74, 6) is 2.41. The van der Waals surface area contributed by atoms with E-state index in [-0.39, 0.29) is 0 Å². The van der Waals surface area contributed by atoms with Gasteiger partial charge in [-0.15, -0.1) is 0 Å². The van der Waals surface area contributed by atoms with Crippen molar-refractivity contribution >= 4 is 34.0 Å². The van der Waals surface area contributed by atoms with E-state index < -0.39 is 5.41 Å². The van der Waals surface area contributed by atoms with E-state index in [1.807, 2.05) is 26.0 Å². The second kappa shape index (κ2) is 8.36. The number of aromatic nitrogens is 2. The third-order valence-electron chi connectivity index (χ3n) is 6.10. The summed E-state index contributed by atoms with van der Waals surface area (Å²) < 4.78 is 11.1. The van der Waals surface area contributed by atoms with Crippen LogP contribution in [0.1, 0.15) is 25.8 Å². The van der Waals surface area contributed by atoms with Gasteiger partial charge in [0.2, 0.25) is 0 Å². The summed E-state index contributed by atoms with van der Waals surface area (Å²) in [7, 11) is 3.21. The highest BCUT2D eigenvalue weighted by molar-refractivity contribution is 6.35. The van der Waals surface area contributed by atoms with Gasteiger partial charge in [0.15, 0.2) is 0 Å². The topological polar surface area (TPSA) is 97.3 Å². The lowest BCUT2D eigenvalue weighted by Gasteiger charge is -2.23. The van der Waals surface area contributed by atoms with Crippen LogP contribution in [-0.4, -0.2) is 37.3 Å². The van der Waals surface area contributed by atoms with Crippen molar-refractivity contribution < 1.29 is 9.47 Å². The monoisotopic (exact) mass is 451 g/mol. The molecule has 0 radical (unpaired) electrons. The summed E-state index contributed by atoms with van der Waals surface area (Å²) in [5, 5.41) is 11.9. The zero-order valence-corrected chi connectivity index (χ0v) is 19.5. The van der Waals surface area contributed by atoms with Crippen molar-refractivity contribution in [2.45, 2.75) is 26.7 Å². The van der Waals surface area contributed by atoms with Gasteiger partial charge in [0, 0.05) is 47.3 Å². The maximum absolute atomic E-state index is 9.63. The predicted molar refractivity (Wildman–Crippen MR) is 127 cm³/mol. The molecule has 1 fully saturated rings. The van der Waals surface area contributed by atoms with Gasteiger partial charge in [-0.2, -0.15) is 5.26 Å². The van der Waals surface area contributed by atoms with Gasteiger partial charge in [-0.25, -0.2) is 9.97 Å². The highest BCUT2D eigenvalue weighted by Crippen LogP contribution is 2.45. The molecule has 1 aliphatic heterocycles. The third kappa shape index (κ3) is 3.65. The SMILES string of the molecule is CCc1c(OC)cc(OC)c(Cl)c1-c1cc2cnc(N)cc2c(N2CCC(C)(C#N)C2)n1. The van der Waals surface area contributed by atoms with Crippen molar-refractivity contribution in [3.63, 3.8) is 0 Å². The number of pyridine rings is 2. The van der Waals surface area contributed by atoms with E-state index >= 15 is 0 Å². The summed E-state index contributed by atoms with van der Waals surface area (Å²) >= 11 is 6.80. The molecule has 0 bridgehead atoms. The number of ether oxygens (including phenoxy) is 2. The molecular formula is C24H26ClN5O2. The first kappa shape index (κ1) is 22.0. The molecule has 4 rings (SSSR count). The van der Waals surface area contributed by atoms with Crippen molar-refractivity contribution in [3.05, 3.63) is 35.0 Å². The number of hydrogen-bond acceptors (Lipinski definition) is 7. The number of nitrogen functional groups attached to an aromatic ring is 1. The van der Waals surface area contributed by atoms with E-state index in [9.17, 15) is 5.26 Å². The van der Waals surface area contributed by atoms with Crippen molar-refractivity contribution in [1.82, 2.24) is 9.97 Å². The molecule has 1 unspecified atom stereocenters. The Morgan fingerprint density at radius 3 is 2.62 bits per heavy atom. The molecule has 32 heavy (non-hydrogen) atoms. The Labute approximate surface area is 192 Å². The molecule has 1 aromatic carbocycles. The lowest BCUT2D eigenvalue weighted by atomic mass is 9.92. The average molecular weight is 452 g/mol. The fourth-order valence-electron chi connectivity index (χ4n) is 4.34. The van der Waals surface area contributed by atoms with E-state index in [1.165, 1.54) is 0 Å². The molecule has 166 valence electrons. The zero-order chi connectivity index (χ0) is 23.0. The second-order valence-electron chi connectivity index (χ2n) is 8.31. The van der Waals surface area contributed by atoms with Crippen LogP contribution in [0.5, 0.6) is 11.5 Å². The molecule has 2 N–H and O–H groups in total. The number of benzene rings is 1. The Morgan fingerprint density at radius 1 is 1.25 bits per heavy atom. The minimum Gasteiger partial charge on any atom is -0.496 e. The first-order chi connectivity index (χ1) is 15.3. The van der Waals surface area contributed by atoms with Gasteiger partial charge >= 0.3 is 0 Å². The molecule has 3 aromatic rings. The molecule has 8 heteroatoms. The number of methoxy groups -OCH3 is 2. The number of nitrogens with zero attached hydrogens (tertiary/aromatic N) is 4. The number of nitriles is 1. The minimum absolute atomic E-state index is 0.422. The molecule has 7 nitrogen and oxygen atoms in total. The summed E-state index contributed by atoms with van der Waals surface area (Å²) in [5.41, 5.74) is 7.99. The highest BCUT2D eigenvalue weighted by atomic mass is 35.5. The van der Waals surface area contributed by atoms with E-state index in [2.05, 4.69) is 16.0 Å². The van der Waals surface area contributed by atoms with Crippen molar-refractivity contribution in [2.75, 3.05) is 37.9 Å². The van der Waals surface area contributed by atoms with Crippen LogP contribution < -0.4 is 20.1 Å². The van der Waals surface area contributed by atoms with Crippen LogP contribution in [0.3, 0.4) is 0 Å². The summed E-state index contributed by atoms with van der Waals surface area (Å²) in [6.45, 7) is 5.35. The Bertz CT molecular complexity index is 1240. The number of rotatable bonds is 5. The third-order valence-corrected chi connectivity index (χ3v) is 6.48. The highest BCUT2D eigenvalue weighted by Gasteiger charge is 2.35. The number of nitrogens with two attached hydrogens (primary N) is 1. The lowest BCUT2D eigenvalue weighted by molar-refractivity contribution is 0.392. The largest absolute Gasteiger partial charge is 0.496 e. The molecule has 0 spiro atoms. The van der Waals surface area contributed by atoms with Crippen LogP contribution in [-0.2, 0) is 6.42 Å². The number of halogens is 1. The maximum atomic E-state index is 9.63. The Hall–Kier alpha value is -3.24. The van der Waals surface area contributed by atoms with Gasteiger partial charge < -0.3 is 20.1 Å². The number of hydrogen-bond donors (Lipinski definition) is 1. The van der Waals surface area contributed by atoms with Crippen LogP contribution in [0.25, 0.3) is 22.0 Å². The smallest absolute Gasteiger partial charge is 0.141 e. The van der Waals surface area contributed by atoms with E-state index in [4.69, 9.17) is 31.8 Å². The quantitative estimate of drug-likeness (QED) is 0.591. The number of fused-ring (bicyclic) bond motifs is 1. The van der Waals surface area contributed by atoms with Crippen LogP contribution in [0.2, 0.25) is 5.02 Å². The van der Waals surface area contributed by atoms with Gasteiger partial charge in [-0.1, -0.05) is 18.5 Å². The molecule has 0 aliphatic carbocycles. The summed E-state index contributed by atoms with van der Waals surface area (Å²) in [6, 6.07) is 8.04. The summed E-state index contributed by atoms with van der Waals surface area (Å²) in [6.07, 6.45) is 3.22. The second-order valence-corrected chi connectivity index (χ2v) is 8.69. The molecule has 3 heterocycles. The predicted octanol–water partition coefficient (Wildman–Crippen LogP) is 4.85. The van der Waals surface area contributed by atoms with Crippen LogP contribution >= 0.6 is 11.6 Å². The standard InChI is InChI=1S/C24H26ClN5O2/c1-5-15-18(31-3)10-19(32-4)22(25)21(15)17-8-14-11-28-20(27)9-16(14)23(29-17)30-7-6-24(2,12-26)13-30/h8-11H,5-7,13H2,1-4H3,(H2,27,28). The van der Waals surface area contributed by atoms with E-state index in [0.717, 1.165) is 40.7 Å². The average Bonchev–Trinajstić information content (AvgIpc) is 3.20. The fraction of sp³-hybridized carbons (Fsp3) is 0.375. The van der Waals surface area contributed by atoms with Gasteiger partial charge in [-0.05, 0) is 31.9 Å². The van der Waals surface area contributed by atoms with E-state index in [0.29, 0.717) is 41.0 Å². The minimum atomic E-state index is -0.423. The van der Waals surface area contributed by atoms with Gasteiger partial charge in [0.25, 0.3) is 0 Å². The molecule has 0 amide bonds. The molecule has 2 aromatic heterocycles. The Kier molecular flexibility index (Phi) is 5.74. The van der Waals surface area contributed by atoms with Crippen LogP contribution in [0, 0.1) is 16.7 Å². The van der Waals surface area contributed by atoms with Gasteiger partial charge in [0.1, 0.15) is 23.1 Å². The molecule has 0 saturated carbocycles. The van der Waals surface area contributed by atoms with Gasteiger partial charge in [-0.3, -0.25) is 0 Å². The first-order valence-corrected chi connectivity index (χ1v) is 10.9. The number of anilines is 2. The van der Waals surface area contributed by atoms with Crippen LogP contribution in [0.4, 0.5) is 11.6 Å².